The van der Waals surface area contributed by atoms with Crippen molar-refractivity contribution in [3.05, 3.63) is 172 Å². The molecule has 2 atom stereocenters. The van der Waals surface area contributed by atoms with E-state index in [2.05, 4.69) is 156 Å². The third-order valence-corrected chi connectivity index (χ3v) is 12.0. The number of benzene rings is 4. The van der Waals surface area contributed by atoms with Gasteiger partial charge in [-0.3, -0.25) is 0 Å². The van der Waals surface area contributed by atoms with Gasteiger partial charge in [0.2, 0.25) is 0 Å². The highest BCUT2D eigenvalue weighted by Gasteiger charge is 2.33. The summed E-state index contributed by atoms with van der Waals surface area (Å²) in [5.41, 5.74) is 19.5. The zero-order valence-electron chi connectivity index (χ0n) is 29.5. The minimum Gasteiger partial charge on any atom is -0.316 e. The minimum atomic E-state index is 0.303. The van der Waals surface area contributed by atoms with E-state index < -0.39 is 0 Å². The van der Waals surface area contributed by atoms with Crippen LogP contribution >= 0.6 is 0 Å². The van der Waals surface area contributed by atoms with E-state index in [1.807, 2.05) is 0 Å². The van der Waals surface area contributed by atoms with Crippen LogP contribution in [0.25, 0.3) is 51.1 Å². The van der Waals surface area contributed by atoms with Gasteiger partial charge in [-0.05, 0) is 144 Å². The molecule has 4 aliphatic carbocycles. The van der Waals surface area contributed by atoms with Gasteiger partial charge in [0.15, 0.2) is 0 Å². The second-order valence-corrected chi connectivity index (χ2v) is 15.1. The van der Waals surface area contributed by atoms with Crippen LogP contribution in [0.2, 0.25) is 0 Å². The monoisotopic (exact) mass is 660 g/mol. The second-order valence-electron chi connectivity index (χ2n) is 15.1. The van der Waals surface area contributed by atoms with Crippen LogP contribution in [0.5, 0.6) is 0 Å². The highest BCUT2D eigenvalue weighted by atomic mass is 15.0. The molecule has 4 aliphatic rings. The van der Waals surface area contributed by atoms with E-state index in [1.54, 1.807) is 5.56 Å². The van der Waals surface area contributed by atoms with Crippen LogP contribution in [-0.2, 0) is 19.3 Å². The summed E-state index contributed by atoms with van der Waals surface area (Å²) >= 11 is 0. The molecule has 51 heavy (non-hydrogen) atoms. The Labute approximate surface area is 301 Å². The van der Waals surface area contributed by atoms with E-state index in [9.17, 15) is 0 Å². The lowest BCUT2D eigenvalue weighted by atomic mass is 9.82. The molecular formula is C49H44N2. The van der Waals surface area contributed by atoms with Crippen molar-refractivity contribution >= 4 is 28.6 Å². The van der Waals surface area contributed by atoms with Crippen LogP contribution in [0.4, 0.5) is 0 Å². The molecule has 0 amide bonds. The predicted octanol–water partition coefficient (Wildman–Crippen LogP) is 12.5. The molecule has 2 unspecified atom stereocenters. The minimum absolute atomic E-state index is 0.303. The largest absolute Gasteiger partial charge is 0.316 e. The lowest BCUT2D eigenvalue weighted by Crippen LogP contribution is -2.15. The fraction of sp³-hybridized carbons (Fsp3) is 0.224. The van der Waals surface area contributed by atoms with Crippen molar-refractivity contribution in [1.82, 2.24) is 9.13 Å². The van der Waals surface area contributed by atoms with Gasteiger partial charge in [0.05, 0.1) is 5.52 Å². The number of hydrogen-bond donors (Lipinski definition) is 0. The van der Waals surface area contributed by atoms with Crippen LogP contribution in [-0.4, -0.2) is 9.13 Å². The van der Waals surface area contributed by atoms with E-state index in [4.69, 9.17) is 0 Å². The Balaban J connectivity index is 1.11. The molecule has 0 radical (unpaired) electrons. The number of aromatic nitrogens is 2. The van der Waals surface area contributed by atoms with Crippen molar-refractivity contribution in [3.8, 4) is 22.5 Å². The highest BCUT2D eigenvalue weighted by molar-refractivity contribution is 5.92. The normalized spacial score (nSPS) is 19.1. The predicted molar refractivity (Wildman–Crippen MR) is 215 cm³/mol. The number of aryl methyl sites for hydroxylation is 1. The first-order chi connectivity index (χ1) is 25.2. The van der Waals surface area contributed by atoms with E-state index >= 15 is 0 Å². The SMILES string of the molecule is CC1CCc2c(c3c(n2-c2ccc(-c4ccccc4)cc2)C(c2ccc4c(c2)c2c(n4-c4cccc(C5=CC=CCC5)c4)C=CCC2)CC=C3)C1. The number of rotatable bonds is 5. The maximum Gasteiger partial charge on any atom is 0.0537 e. The molecule has 2 heterocycles. The van der Waals surface area contributed by atoms with Gasteiger partial charge < -0.3 is 9.13 Å². The average Bonchev–Trinajstić information content (AvgIpc) is 3.71. The highest BCUT2D eigenvalue weighted by Crippen LogP contribution is 2.46. The summed E-state index contributed by atoms with van der Waals surface area (Å²) in [6, 6.07) is 36.7. The first-order valence-corrected chi connectivity index (χ1v) is 19.1. The Hall–Kier alpha value is -5.34. The summed E-state index contributed by atoms with van der Waals surface area (Å²) in [5.74, 6) is 1.02. The number of nitrogens with zero attached hydrogens (tertiary/aromatic N) is 2. The van der Waals surface area contributed by atoms with Gasteiger partial charge in [-0.2, -0.15) is 0 Å². The van der Waals surface area contributed by atoms with Crippen molar-refractivity contribution in [3.63, 3.8) is 0 Å². The molecule has 2 nitrogen and oxygen atoms in total. The Morgan fingerprint density at radius 3 is 2.35 bits per heavy atom. The third-order valence-electron chi connectivity index (χ3n) is 12.0. The van der Waals surface area contributed by atoms with Gasteiger partial charge in [0.25, 0.3) is 0 Å². The number of allylic oxidation sites excluding steroid dienone is 6. The molecule has 0 saturated carbocycles. The molecule has 0 saturated heterocycles. The maximum absolute atomic E-state index is 2.67. The van der Waals surface area contributed by atoms with Crippen molar-refractivity contribution in [1.29, 1.82) is 0 Å². The zero-order chi connectivity index (χ0) is 33.9. The molecule has 2 aromatic heterocycles. The van der Waals surface area contributed by atoms with Crippen molar-refractivity contribution in [2.75, 3.05) is 0 Å². The van der Waals surface area contributed by atoms with Crippen LogP contribution in [0.1, 0.15) is 89.8 Å². The molecule has 4 aromatic carbocycles. The molecule has 0 spiro atoms. The van der Waals surface area contributed by atoms with E-state index in [0.717, 1.165) is 44.9 Å². The fourth-order valence-corrected chi connectivity index (χ4v) is 9.46. The van der Waals surface area contributed by atoms with Gasteiger partial charge in [-0.15, -0.1) is 0 Å². The molecule has 10 rings (SSSR count). The molecular weight excluding hydrogens is 617 g/mol. The lowest BCUT2D eigenvalue weighted by Gasteiger charge is -2.25. The molecule has 6 aromatic rings. The van der Waals surface area contributed by atoms with Crippen LogP contribution < -0.4 is 0 Å². The van der Waals surface area contributed by atoms with Crippen LogP contribution in [0, 0.1) is 5.92 Å². The first kappa shape index (κ1) is 30.5. The Morgan fingerprint density at radius 1 is 0.647 bits per heavy atom. The third kappa shape index (κ3) is 5.15. The topological polar surface area (TPSA) is 9.86 Å². The lowest BCUT2D eigenvalue weighted by molar-refractivity contribution is 0.493. The summed E-state index contributed by atoms with van der Waals surface area (Å²) in [4.78, 5) is 0. The molecule has 250 valence electrons. The fourth-order valence-electron chi connectivity index (χ4n) is 9.46. The molecule has 2 heteroatoms. The molecule has 0 bridgehead atoms. The summed E-state index contributed by atoms with van der Waals surface area (Å²) in [5, 5.41) is 1.41. The van der Waals surface area contributed by atoms with Gasteiger partial charge in [0.1, 0.15) is 0 Å². The molecule has 0 aliphatic heterocycles. The van der Waals surface area contributed by atoms with E-state index in [1.165, 1.54) is 84.7 Å². The summed E-state index contributed by atoms with van der Waals surface area (Å²) < 4.78 is 5.20. The van der Waals surface area contributed by atoms with E-state index in [-0.39, 0.29) is 0 Å². The maximum atomic E-state index is 2.67. The Morgan fingerprint density at radius 2 is 1.49 bits per heavy atom. The van der Waals surface area contributed by atoms with Crippen LogP contribution in [0.3, 0.4) is 0 Å². The molecule has 0 fully saturated rings. The van der Waals surface area contributed by atoms with E-state index in [0.29, 0.717) is 11.8 Å². The standard InChI is InChI=1S/C49H44N2/c1-33-22-28-48-44(30-33)43-20-11-19-41(49(43)51(48)39-26-23-36(24-27-39)34-12-4-2-5-13-34)38-25-29-47-45(32-38)42-18-8-9-21-46(42)50(47)40-17-10-16-37(31-40)35-14-6-3-7-15-35/h2-6,9-14,16-17,20-21,23-27,29,31-33,41H,7-8,15,18-19,22,28,30H2,1H3. The quantitative estimate of drug-likeness (QED) is 0.174. The second kappa shape index (κ2) is 12.5. The first-order valence-electron chi connectivity index (χ1n) is 19.1. The van der Waals surface area contributed by atoms with Crippen molar-refractivity contribution in [2.24, 2.45) is 5.92 Å². The summed E-state index contributed by atoms with van der Waals surface area (Å²) in [6.45, 7) is 2.43. The summed E-state index contributed by atoms with van der Waals surface area (Å²) in [6.07, 6.45) is 25.4. The number of fused-ring (bicyclic) bond motifs is 6. The Bertz CT molecular complexity index is 2420. The smallest absolute Gasteiger partial charge is 0.0537 e. The molecule has 0 N–H and O–H groups in total. The number of hydrogen-bond acceptors (Lipinski definition) is 0. The summed E-state index contributed by atoms with van der Waals surface area (Å²) in [7, 11) is 0. The average molecular weight is 661 g/mol. The van der Waals surface area contributed by atoms with Crippen molar-refractivity contribution < 1.29 is 0 Å². The van der Waals surface area contributed by atoms with Crippen LogP contribution in [0.15, 0.2) is 127 Å². The van der Waals surface area contributed by atoms with Crippen molar-refractivity contribution in [2.45, 2.75) is 64.2 Å². The van der Waals surface area contributed by atoms with Gasteiger partial charge in [-0.25, -0.2) is 0 Å². The van der Waals surface area contributed by atoms with Gasteiger partial charge in [0, 0.05) is 39.8 Å². The zero-order valence-corrected chi connectivity index (χ0v) is 29.5. The van der Waals surface area contributed by atoms with Gasteiger partial charge in [-0.1, -0.05) is 104 Å². The Kier molecular flexibility index (Phi) is 7.45. The van der Waals surface area contributed by atoms with Gasteiger partial charge >= 0.3 is 0 Å².